The van der Waals surface area contributed by atoms with E-state index in [2.05, 4.69) is 0 Å². The van der Waals surface area contributed by atoms with Gasteiger partial charge in [0.1, 0.15) is 12.3 Å². The van der Waals surface area contributed by atoms with Crippen LogP contribution in [0.4, 0.5) is 4.39 Å². The molecular formula is C12H17FO3S. The van der Waals surface area contributed by atoms with Crippen molar-refractivity contribution in [3.8, 4) is 0 Å². The van der Waals surface area contributed by atoms with Crippen LogP contribution in [0.1, 0.15) is 12.5 Å². The molecule has 0 saturated heterocycles. The Morgan fingerprint density at radius 3 is 2.35 bits per heavy atom. The van der Waals surface area contributed by atoms with Crippen LogP contribution in [-0.4, -0.2) is 38.6 Å². The summed E-state index contributed by atoms with van der Waals surface area (Å²) in [6.45, 7) is 1.50. The normalized spacial score (nSPS) is 18.4. The first-order valence-electron chi connectivity index (χ1n) is 5.31. The molecule has 0 aliphatic rings. The van der Waals surface area contributed by atoms with Gasteiger partial charge in [-0.2, -0.15) is 0 Å². The van der Waals surface area contributed by atoms with Gasteiger partial charge in [0.15, 0.2) is 0 Å². The molecule has 1 aromatic rings. The number of alkyl halides is 1. The Kier molecular flexibility index (Phi) is 4.80. The fourth-order valence-corrected chi connectivity index (χ4v) is 2.70. The smallest absolute Gasteiger partial charge is 0.130 e. The molecule has 0 fully saturated rings. The summed E-state index contributed by atoms with van der Waals surface area (Å²) in [5.41, 5.74) is -0.920. The maximum absolute atomic E-state index is 12.7. The highest BCUT2D eigenvalue weighted by Crippen LogP contribution is 2.21. The number of aliphatic hydroxyl groups is 2. The van der Waals surface area contributed by atoms with Crippen molar-refractivity contribution in [3.05, 3.63) is 29.8 Å². The molecule has 17 heavy (non-hydrogen) atoms. The molecule has 96 valence electrons. The second-order valence-corrected chi connectivity index (χ2v) is 5.92. The van der Waals surface area contributed by atoms with Gasteiger partial charge in [0.25, 0.3) is 0 Å². The van der Waals surface area contributed by atoms with Crippen molar-refractivity contribution in [2.24, 2.45) is 0 Å². The van der Waals surface area contributed by atoms with Gasteiger partial charge in [-0.3, -0.25) is 4.21 Å². The van der Waals surface area contributed by atoms with Crippen LogP contribution in [0.2, 0.25) is 0 Å². The summed E-state index contributed by atoms with van der Waals surface area (Å²) in [4.78, 5) is 0.517. The minimum atomic E-state index is -1.95. The molecule has 2 N–H and O–H groups in total. The van der Waals surface area contributed by atoms with Gasteiger partial charge < -0.3 is 10.2 Å². The van der Waals surface area contributed by atoms with E-state index >= 15 is 0 Å². The van der Waals surface area contributed by atoms with Gasteiger partial charge in [-0.1, -0.05) is 17.7 Å². The van der Waals surface area contributed by atoms with Crippen molar-refractivity contribution in [2.75, 3.05) is 13.3 Å². The molecule has 5 heteroatoms. The number of rotatable bonds is 5. The molecule has 0 bridgehead atoms. The van der Waals surface area contributed by atoms with E-state index in [1.807, 2.05) is 6.92 Å². The van der Waals surface area contributed by atoms with Gasteiger partial charge >= 0.3 is 0 Å². The molecule has 0 unspecified atom stereocenters. The summed E-state index contributed by atoms with van der Waals surface area (Å²) in [6, 6.07) is 6.96. The molecule has 0 saturated carbocycles. The fraction of sp³-hybridized carbons (Fsp3) is 0.500. The van der Waals surface area contributed by atoms with Crippen LogP contribution < -0.4 is 0 Å². The van der Waals surface area contributed by atoms with E-state index in [4.69, 9.17) is 5.11 Å². The van der Waals surface area contributed by atoms with E-state index < -0.39 is 34.9 Å². The highest BCUT2D eigenvalue weighted by molar-refractivity contribution is 7.85. The topological polar surface area (TPSA) is 57.5 Å². The number of halogens is 1. The Balaban J connectivity index is 2.93. The number of hydrogen-bond donors (Lipinski definition) is 2. The van der Waals surface area contributed by atoms with Crippen molar-refractivity contribution >= 4 is 10.8 Å². The number of aryl methyl sites for hydroxylation is 1. The van der Waals surface area contributed by atoms with Gasteiger partial charge in [-0.25, -0.2) is 4.39 Å². The third kappa shape index (κ3) is 3.12. The number of hydrogen-bond acceptors (Lipinski definition) is 3. The second kappa shape index (κ2) is 5.71. The SMILES string of the molecule is Cc1ccc([S@](=O)[C@@H](C)[C@](O)(CO)CF)cc1. The fourth-order valence-electron chi connectivity index (χ4n) is 1.36. The quantitative estimate of drug-likeness (QED) is 0.836. The van der Waals surface area contributed by atoms with Gasteiger partial charge in [-0.15, -0.1) is 0 Å². The summed E-state index contributed by atoms with van der Waals surface area (Å²) >= 11 is 0. The minimum absolute atomic E-state index is 0.517. The lowest BCUT2D eigenvalue weighted by Crippen LogP contribution is -2.48. The molecule has 0 aliphatic heterocycles. The van der Waals surface area contributed by atoms with E-state index in [1.165, 1.54) is 6.92 Å². The van der Waals surface area contributed by atoms with Crippen LogP contribution in [0.25, 0.3) is 0 Å². The van der Waals surface area contributed by atoms with Gasteiger partial charge in [0, 0.05) is 4.90 Å². The van der Waals surface area contributed by atoms with Gasteiger partial charge in [0.2, 0.25) is 0 Å². The lowest BCUT2D eigenvalue weighted by Gasteiger charge is -2.28. The third-order valence-electron chi connectivity index (χ3n) is 2.84. The Morgan fingerprint density at radius 1 is 1.41 bits per heavy atom. The molecule has 0 radical (unpaired) electrons. The standard InChI is InChI=1S/C12H17FO3S/c1-9-3-5-11(6-4-9)17(16)10(2)12(15,7-13)8-14/h3-6,10,14-15H,7-8H2,1-2H3/t10-,12+,17+/m0/s1. The Morgan fingerprint density at radius 2 is 1.94 bits per heavy atom. The van der Waals surface area contributed by atoms with E-state index in [1.54, 1.807) is 24.3 Å². The summed E-state index contributed by atoms with van der Waals surface area (Å²) < 4.78 is 24.8. The first kappa shape index (κ1) is 14.3. The van der Waals surface area contributed by atoms with Crippen LogP contribution in [0.5, 0.6) is 0 Å². The van der Waals surface area contributed by atoms with Crippen LogP contribution in [0, 0.1) is 6.92 Å². The first-order chi connectivity index (χ1) is 7.94. The highest BCUT2D eigenvalue weighted by Gasteiger charge is 2.37. The summed E-state index contributed by atoms with van der Waals surface area (Å²) in [5, 5.41) is 17.9. The Hall–Kier alpha value is -0.780. The molecule has 3 atom stereocenters. The van der Waals surface area contributed by atoms with Crippen LogP contribution >= 0.6 is 0 Å². The number of aliphatic hydroxyl groups excluding tert-OH is 1. The molecule has 1 rings (SSSR count). The highest BCUT2D eigenvalue weighted by atomic mass is 32.2. The molecule has 0 heterocycles. The Bertz CT molecular complexity index is 387. The lowest BCUT2D eigenvalue weighted by atomic mass is 10.0. The molecule has 0 aliphatic carbocycles. The second-order valence-electron chi connectivity index (χ2n) is 4.15. The van der Waals surface area contributed by atoms with E-state index in [-0.39, 0.29) is 0 Å². The largest absolute Gasteiger partial charge is 0.393 e. The predicted molar refractivity (Wildman–Crippen MR) is 65.1 cm³/mol. The van der Waals surface area contributed by atoms with Crippen LogP contribution in [-0.2, 0) is 10.8 Å². The Labute approximate surface area is 103 Å². The van der Waals surface area contributed by atoms with Crippen molar-refractivity contribution in [1.29, 1.82) is 0 Å². The van der Waals surface area contributed by atoms with E-state index in [0.717, 1.165) is 5.56 Å². The molecule has 1 aromatic carbocycles. The summed E-state index contributed by atoms with van der Waals surface area (Å²) in [6.07, 6.45) is 0. The summed E-state index contributed by atoms with van der Waals surface area (Å²) in [5.74, 6) is 0. The zero-order valence-corrected chi connectivity index (χ0v) is 10.7. The van der Waals surface area contributed by atoms with Crippen molar-refractivity contribution in [3.63, 3.8) is 0 Å². The van der Waals surface area contributed by atoms with Crippen molar-refractivity contribution in [1.82, 2.24) is 0 Å². The monoisotopic (exact) mass is 260 g/mol. The average Bonchev–Trinajstić information content (AvgIpc) is 2.37. The zero-order chi connectivity index (χ0) is 13.1. The third-order valence-corrected chi connectivity index (χ3v) is 4.65. The first-order valence-corrected chi connectivity index (χ1v) is 6.52. The van der Waals surface area contributed by atoms with Crippen molar-refractivity contribution in [2.45, 2.75) is 29.6 Å². The summed E-state index contributed by atoms with van der Waals surface area (Å²) in [7, 11) is -1.56. The minimum Gasteiger partial charge on any atom is -0.393 e. The van der Waals surface area contributed by atoms with E-state index in [9.17, 15) is 13.7 Å². The molecule has 0 amide bonds. The van der Waals surface area contributed by atoms with Gasteiger partial charge in [-0.05, 0) is 26.0 Å². The van der Waals surface area contributed by atoms with Gasteiger partial charge in [0.05, 0.1) is 22.7 Å². The molecule has 3 nitrogen and oxygen atoms in total. The lowest BCUT2D eigenvalue weighted by molar-refractivity contribution is -0.0313. The maximum Gasteiger partial charge on any atom is 0.130 e. The van der Waals surface area contributed by atoms with Crippen LogP contribution in [0.3, 0.4) is 0 Å². The predicted octanol–water partition coefficient (Wildman–Crippen LogP) is 1.18. The van der Waals surface area contributed by atoms with Crippen molar-refractivity contribution < 1.29 is 18.8 Å². The average molecular weight is 260 g/mol. The molecule has 0 spiro atoms. The zero-order valence-electron chi connectivity index (χ0n) is 9.89. The molecular weight excluding hydrogens is 243 g/mol. The maximum atomic E-state index is 12.7. The van der Waals surface area contributed by atoms with E-state index in [0.29, 0.717) is 4.90 Å². The molecule has 0 aromatic heterocycles. The number of benzene rings is 1. The van der Waals surface area contributed by atoms with Crippen LogP contribution in [0.15, 0.2) is 29.2 Å².